The zero-order chi connectivity index (χ0) is 17.2. The van der Waals surface area contributed by atoms with Crippen molar-refractivity contribution in [3.63, 3.8) is 0 Å². The molecule has 0 aliphatic carbocycles. The van der Waals surface area contributed by atoms with E-state index in [0.717, 1.165) is 27.5 Å². The standard InChI is InChI=1S/C13H14BrN3O3S3/c1-4-5-15-23(19,20)10-6-9(12(14)21-10)11-7(2)16-13(22-11)17-8(3)18/h4,6,15H,1,5H2,2-3H3,(H,16,17,18). The van der Waals surface area contributed by atoms with Crippen molar-refractivity contribution < 1.29 is 13.2 Å². The van der Waals surface area contributed by atoms with Crippen molar-refractivity contribution in [2.45, 2.75) is 18.1 Å². The zero-order valence-corrected chi connectivity index (χ0v) is 16.4. The van der Waals surface area contributed by atoms with Crippen LogP contribution >= 0.6 is 38.6 Å². The van der Waals surface area contributed by atoms with Gasteiger partial charge in [-0.05, 0) is 28.9 Å². The number of aryl methyl sites for hydroxylation is 1. The van der Waals surface area contributed by atoms with Crippen molar-refractivity contribution in [2.75, 3.05) is 11.9 Å². The van der Waals surface area contributed by atoms with Gasteiger partial charge < -0.3 is 5.32 Å². The van der Waals surface area contributed by atoms with E-state index in [2.05, 4.69) is 37.5 Å². The number of sulfonamides is 1. The van der Waals surface area contributed by atoms with Crippen LogP contribution in [0.3, 0.4) is 0 Å². The lowest BCUT2D eigenvalue weighted by Crippen LogP contribution is -2.22. The summed E-state index contributed by atoms with van der Waals surface area (Å²) >= 11 is 5.83. The molecule has 0 aliphatic rings. The van der Waals surface area contributed by atoms with Crippen LogP contribution in [0.25, 0.3) is 10.4 Å². The second kappa shape index (κ2) is 7.22. The molecule has 0 bridgehead atoms. The molecule has 0 atom stereocenters. The first-order chi connectivity index (χ1) is 10.7. The summed E-state index contributed by atoms with van der Waals surface area (Å²) in [4.78, 5) is 16.2. The topological polar surface area (TPSA) is 88.2 Å². The summed E-state index contributed by atoms with van der Waals surface area (Å²) in [6.45, 7) is 6.88. The van der Waals surface area contributed by atoms with Crippen LogP contribution in [0.5, 0.6) is 0 Å². The Hall–Kier alpha value is -1.07. The van der Waals surface area contributed by atoms with E-state index in [1.807, 2.05) is 6.92 Å². The van der Waals surface area contributed by atoms with Gasteiger partial charge in [0.15, 0.2) is 5.13 Å². The van der Waals surface area contributed by atoms with E-state index >= 15 is 0 Å². The fourth-order valence-corrected chi connectivity index (χ4v) is 6.36. The van der Waals surface area contributed by atoms with E-state index in [4.69, 9.17) is 0 Å². The SMILES string of the molecule is C=CCNS(=O)(=O)c1cc(-c2sc(NC(C)=O)nc2C)c(Br)s1. The third-order valence-electron chi connectivity index (χ3n) is 2.67. The fraction of sp³-hybridized carbons (Fsp3) is 0.231. The van der Waals surface area contributed by atoms with Gasteiger partial charge in [0.2, 0.25) is 15.9 Å². The predicted octanol–water partition coefficient (Wildman–Crippen LogP) is 3.37. The molecule has 0 saturated heterocycles. The van der Waals surface area contributed by atoms with Gasteiger partial charge in [0.1, 0.15) is 4.21 Å². The summed E-state index contributed by atoms with van der Waals surface area (Å²) in [6, 6.07) is 1.60. The third kappa shape index (κ3) is 4.27. The smallest absolute Gasteiger partial charge is 0.250 e. The number of aromatic nitrogens is 1. The van der Waals surface area contributed by atoms with Crippen molar-refractivity contribution in [1.29, 1.82) is 0 Å². The number of carbonyl (C=O) groups excluding carboxylic acids is 1. The number of thiazole rings is 1. The van der Waals surface area contributed by atoms with Crippen molar-refractivity contribution in [1.82, 2.24) is 9.71 Å². The minimum absolute atomic E-state index is 0.166. The van der Waals surface area contributed by atoms with E-state index in [1.54, 1.807) is 6.07 Å². The largest absolute Gasteiger partial charge is 0.302 e. The van der Waals surface area contributed by atoms with Crippen molar-refractivity contribution >= 4 is 59.7 Å². The van der Waals surface area contributed by atoms with Gasteiger partial charge in [0, 0.05) is 19.0 Å². The average Bonchev–Trinajstić information content (AvgIpc) is 2.99. The Balaban J connectivity index is 2.40. The van der Waals surface area contributed by atoms with Crippen LogP contribution in [0.15, 0.2) is 26.7 Å². The second-order valence-electron chi connectivity index (χ2n) is 4.51. The van der Waals surface area contributed by atoms with Crippen LogP contribution in [0.2, 0.25) is 0 Å². The van der Waals surface area contributed by atoms with Crippen LogP contribution in [0, 0.1) is 6.92 Å². The molecule has 2 aromatic heterocycles. The molecule has 0 saturated carbocycles. The molecule has 0 aliphatic heterocycles. The summed E-state index contributed by atoms with van der Waals surface area (Å²) in [5, 5.41) is 3.12. The van der Waals surface area contributed by atoms with E-state index in [0.29, 0.717) is 8.92 Å². The Kier molecular flexibility index (Phi) is 5.74. The molecular formula is C13H14BrN3O3S3. The highest BCUT2D eigenvalue weighted by Gasteiger charge is 2.22. The number of hydrogen-bond acceptors (Lipinski definition) is 6. The number of rotatable bonds is 6. The second-order valence-corrected chi connectivity index (χ2v) is 9.87. The van der Waals surface area contributed by atoms with Crippen molar-refractivity contribution in [2.24, 2.45) is 0 Å². The monoisotopic (exact) mass is 435 g/mol. The lowest BCUT2D eigenvalue weighted by Gasteiger charge is -2.00. The van der Waals surface area contributed by atoms with E-state index in [9.17, 15) is 13.2 Å². The summed E-state index contributed by atoms with van der Waals surface area (Å²) in [6.07, 6.45) is 1.48. The number of nitrogens with zero attached hydrogens (tertiary/aromatic N) is 1. The molecule has 0 radical (unpaired) electrons. The molecule has 0 spiro atoms. The van der Waals surface area contributed by atoms with E-state index in [1.165, 1.54) is 24.3 Å². The summed E-state index contributed by atoms with van der Waals surface area (Å²) in [5.74, 6) is -0.202. The molecule has 0 unspecified atom stereocenters. The number of nitrogens with one attached hydrogen (secondary N) is 2. The Labute approximate surface area is 150 Å². The molecule has 2 heterocycles. The van der Waals surface area contributed by atoms with Gasteiger partial charge in [0.25, 0.3) is 0 Å². The summed E-state index contributed by atoms with van der Waals surface area (Å²) in [5.41, 5.74) is 1.46. The highest BCUT2D eigenvalue weighted by Crippen LogP contribution is 2.42. The van der Waals surface area contributed by atoms with Gasteiger partial charge in [-0.2, -0.15) is 0 Å². The maximum Gasteiger partial charge on any atom is 0.250 e. The Morgan fingerprint density at radius 1 is 1.48 bits per heavy atom. The number of thiophene rings is 1. The highest BCUT2D eigenvalue weighted by molar-refractivity contribution is 9.11. The van der Waals surface area contributed by atoms with Gasteiger partial charge in [-0.25, -0.2) is 18.1 Å². The first-order valence-corrected chi connectivity index (χ1v) is 10.3. The molecule has 23 heavy (non-hydrogen) atoms. The molecule has 124 valence electrons. The fourth-order valence-electron chi connectivity index (χ4n) is 1.72. The van der Waals surface area contributed by atoms with Gasteiger partial charge in [-0.3, -0.25) is 4.79 Å². The van der Waals surface area contributed by atoms with Crippen LogP contribution in [0.1, 0.15) is 12.6 Å². The maximum absolute atomic E-state index is 12.2. The van der Waals surface area contributed by atoms with Gasteiger partial charge in [-0.1, -0.05) is 17.4 Å². The third-order valence-corrected chi connectivity index (χ3v) is 7.51. The number of amides is 1. The number of halogens is 1. The van der Waals surface area contributed by atoms with Crippen LogP contribution < -0.4 is 10.0 Å². The maximum atomic E-state index is 12.2. The number of carbonyl (C=O) groups is 1. The number of hydrogen-bond donors (Lipinski definition) is 2. The quantitative estimate of drug-likeness (QED) is 0.680. The Morgan fingerprint density at radius 2 is 2.17 bits per heavy atom. The van der Waals surface area contributed by atoms with Crippen molar-refractivity contribution in [3.05, 3.63) is 28.2 Å². The first kappa shape index (κ1) is 18.3. The van der Waals surface area contributed by atoms with Gasteiger partial charge in [0.05, 0.1) is 14.4 Å². The van der Waals surface area contributed by atoms with Gasteiger partial charge >= 0.3 is 0 Å². The lowest BCUT2D eigenvalue weighted by atomic mass is 10.2. The van der Waals surface area contributed by atoms with Crippen LogP contribution in [-0.4, -0.2) is 25.9 Å². The predicted molar refractivity (Wildman–Crippen MR) is 97.6 cm³/mol. The Morgan fingerprint density at radius 3 is 2.78 bits per heavy atom. The molecule has 2 N–H and O–H groups in total. The first-order valence-electron chi connectivity index (χ1n) is 6.40. The summed E-state index contributed by atoms with van der Waals surface area (Å²) in [7, 11) is -3.58. The molecule has 10 heteroatoms. The normalized spacial score (nSPS) is 11.4. The highest BCUT2D eigenvalue weighted by atomic mass is 79.9. The van der Waals surface area contributed by atoms with Crippen LogP contribution in [-0.2, 0) is 14.8 Å². The van der Waals surface area contributed by atoms with Gasteiger partial charge in [-0.15, -0.1) is 17.9 Å². The van der Waals surface area contributed by atoms with E-state index in [-0.39, 0.29) is 16.7 Å². The molecule has 2 rings (SSSR count). The minimum atomic E-state index is -3.58. The van der Waals surface area contributed by atoms with Crippen LogP contribution in [0.4, 0.5) is 5.13 Å². The average molecular weight is 436 g/mol. The van der Waals surface area contributed by atoms with E-state index < -0.39 is 10.0 Å². The molecule has 0 fully saturated rings. The zero-order valence-electron chi connectivity index (χ0n) is 12.3. The molecular weight excluding hydrogens is 422 g/mol. The number of anilines is 1. The summed E-state index contributed by atoms with van der Waals surface area (Å²) < 4.78 is 27.7. The van der Waals surface area contributed by atoms with Crippen molar-refractivity contribution in [3.8, 4) is 10.4 Å². The Bertz CT molecular complexity index is 855. The molecule has 1 amide bonds. The molecule has 6 nitrogen and oxygen atoms in total. The molecule has 0 aromatic carbocycles. The lowest BCUT2D eigenvalue weighted by molar-refractivity contribution is -0.114. The minimum Gasteiger partial charge on any atom is -0.302 e. The molecule has 2 aromatic rings.